The molecule has 0 aliphatic heterocycles. The molecule has 0 bridgehead atoms. The zero-order chi connectivity index (χ0) is 66.3. The molecule has 0 aromatic carbocycles. The van der Waals surface area contributed by atoms with E-state index in [0.29, 0.717) is 25.7 Å². The first-order valence-corrected chi connectivity index (χ1v) is 40.1. The minimum Gasteiger partial charge on any atom is -0.462 e. The van der Waals surface area contributed by atoms with Crippen molar-refractivity contribution in [2.45, 2.75) is 387 Å². The van der Waals surface area contributed by atoms with E-state index in [1.807, 2.05) is 0 Å². The van der Waals surface area contributed by atoms with Crippen LogP contribution in [0.4, 0.5) is 0 Å². The zero-order valence-electron chi connectivity index (χ0n) is 58.3. The van der Waals surface area contributed by atoms with Gasteiger partial charge in [-0.15, -0.1) is 0 Å². The summed E-state index contributed by atoms with van der Waals surface area (Å²) in [4.78, 5) is 72.2. The van der Waals surface area contributed by atoms with E-state index in [0.717, 1.165) is 102 Å². The van der Waals surface area contributed by atoms with Crippen molar-refractivity contribution in [2.24, 2.45) is 5.92 Å². The summed E-state index contributed by atoms with van der Waals surface area (Å²) in [6.07, 6.45) is 51.8. The number of hydrogen-bond donors (Lipinski definition) is 3. The lowest BCUT2D eigenvalue weighted by atomic mass is 10.0. The van der Waals surface area contributed by atoms with Gasteiger partial charge in [-0.3, -0.25) is 37.3 Å². The van der Waals surface area contributed by atoms with E-state index in [2.05, 4.69) is 34.6 Å². The molecule has 0 amide bonds. The summed E-state index contributed by atoms with van der Waals surface area (Å²) in [7, 11) is -9.89. The monoisotopic (exact) mass is 1320 g/mol. The molecule has 17 nitrogen and oxygen atoms in total. The maximum atomic E-state index is 13.0. The topological polar surface area (TPSA) is 237 Å². The van der Waals surface area contributed by atoms with Gasteiger partial charge < -0.3 is 33.8 Å². The number of hydrogen-bond acceptors (Lipinski definition) is 15. The van der Waals surface area contributed by atoms with Gasteiger partial charge in [0.15, 0.2) is 12.2 Å². The van der Waals surface area contributed by atoms with Crippen LogP contribution >= 0.6 is 15.6 Å². The first-order chi connectivity index (χ1) is 43.5. The third-order valence-electron chi connectivity index (χ3n) is 16.5. The highest BCUT2D eigenvalue weighted by atomic mass is 31.2. The SMILES string of the molecule is CCCCCCCCCCCCCCCCCCCC(=O)OC[C@H](COP(=O)(O)OC[C@@H](O)COP(=O)(O)OC[C@@H](COC(=O)CCCCCCC)OC(=O)CCCCCCCCCCC)OC(=O)CCCCCCCCCCCCCCCCCCC(C)C. The van der Waals surface area contributed by atoms with Crippen LogP contribution in [0.2, 0.25) is 0 Å². The number of rotatable bonds is 71. The molecule has 0 radical (unpaired) electrons. The summed E-state index contributed by atoms with van der Waals surface area (Å²) < 4.78 is 68.0. The Morgan fingerprint density at radius 1 is 0.300 bits per heavy atom. The van der Waals surface area contributed by atoms with E-state index in [4.69, 9.17) is 37.0 Å². The number of ether oxygens (including phenoxy) is 4. The number of carbonyl (C=O) groups excluding carboxylic acids is 4. The normalized spacial score (nSPS) is 14.1. The highest BCUT2D eigenvalue weighted by Gasteiger charge is 2.30. The summed E-state index contributed by atoms with van der Waals surface area (Å²) in [5, 5.41) is 10.6. The molecule has 0 fully saturated rings. The molecule has 90 heavy (non-hydrogen) atoms. The number of esters is 4. The van der Waals surface area contributed by atoms with Gasteiger partial charge in [-0.25, -0.2) is 9.13 Å². The maximum Gasteiger partial charge on any atom is 0.472 e. The highest BCUT2D eigenvalue weighted by Crippen LogP contribution is 2.45. The molecular formula is C71H138O17P2. The maximum absolute atomic E-state index is 13.0. The molecule has 0 aromatic heterocycles. The lowest BCUT2D eigenvalue weighted by Crippen LogP contribution is -2.30. The molecule has 5 atom stereocenters. The number of phosphoric acid groups is 2. The van der Waals surface area contributed by atoms with E-state index in [1.54, 1.807) is 0 Å². The van der Waals surface area contributed by atoms with E-state index in [9.17, 15) is 43.2 Å². The Balaban J connectivity index is 5.12. The molecule has 0 aliphatic carbocycles. The zero-order valence-corrected chi connectivity index (χ0v) is 60.1. The molecule has 0 aliphatic rings. The van der Waals surface area contributed by atoms with Gasteiger partial charge in [0.05, 0.1) is 26.4 Å². The van der Waals surface area contributed by atoms with Crippen molar-refractivity contribution in [3.8, 4) is 0 Å². The molecule has 0 heterocycles. The van der Waals surface area contributed by atoms with Crippen LogP contribution < -0.4 is 0 Å². The van der Waals surface area contributed by atoms with Crippen LogP contribution in [0.5, 0.6) is 0 Å². The lowest BCUT2D eigenvalue weighted by molar-refractivity contribution is -0.161. The standard InChI is InChI=1S/C71H138O17P2/c1-6-9-12-15-17-19-20-21-22-23-27-30-33-37-40-45-50-55-69(74)82-61-67(88-71(76)57-52-47-42-38-34-31-28-25-24-26-29-32-36-39-44-48-53-64(4)5)63-86-90(79,80)84-59-65(72)58-83-89(77,78)85-62-66(60-81-68(73)54-49-43-14-11-8-3)87-70(75)56-51-46-41-35-18-16-13-10-7-2/h64-67,72H,6-63H2,1-5H3,(H,77,78)(H,79,80)/t65-,66+,67+/m0/s1. The minimum absolute atomic E-state index is 0.105. The van der Waals surface area contributed by atoms with Crippen LogP contribution in [0.25, 0.3) is 0 Å². The molecule has 2 unspecified atom stereocenters. The third kappa shape index (κ3) is 64.8. The van der Waals surface area contributed by atoms with Gasteiger partial charge in [-0.05, 0) is 31.6 Å². The van der Waals surface area contributed by atoms with Crippen molar-refractivity contribution in [3.63, 3.8) is 0 Å². The summed E-state index contributed by atoms with van der Waals surface area (Å²) >= 11 is 0. The first kappa shape index (κ1) is 88.1. The third-order valence-corrected chi connectivity index (χ3v) is 18.4. The van der Waals surface area contributed by atoms with Crippen molar-refractivity contribution >= 4 is 39.5 Å². The average molecular weight is 1330 g/mol. The van der Waals surface area contributed by atoms with Crippen LogP contribution in [-0.4, -0.2) is 96.7 Å². The Bertz CT molecular complexity index is 1740. The number of carbonyl (C=O) groups is 4. The summed E-state index contributed by atoms with van der Waals surface area (Å²) in [6.45, 7) is 7.18. The molecule has 19 heteroatoms. The van der Waals surface area contributed by atoms with Crippen molar-refractivity contribution in [1.29, 1.82) is 0 Å². The Morgan fingerprint density at radius 3 is 0.756 bits per heavy atom. The highest BCUT2D eigenvalue weighted by molar-refractivity contribution is 7.47. The van der Waals surface area contributed by atoms with E-state index < -0.39 is 97.5 Å². The molecule has 3 N–H and O–H groups in total. The van der Waals surface area contributed by atoms with Gasteiger partial charge >= 0.3 is 39.5 Å². The van der Waals surface area contributed by atoms with Crippen molar-refractivity contribution in [3.05, 3.63) is 0 Å². The van der Waals surface area contributed by atoms with E-state index in [1.165, 1.54) is 186 Å². The fourth-order valence-corrected chi connectivity index (χ4v) is 12.4. The molecular weight excluding hydrogens is 1190 g/mol. The Labute approximate surface area is 549 Å². The number of unbranched alkanes of at least 4 members (excludes halogenated alkanes) is 43. The van der Waals surface area contributed by atoms with Crippen LogP contribution in [0.3, 0.4) is 0 Å². The summed E-state index contributed by atoms with van der Waals surface area (Å²) in [5.74, 6) is -1.32. The van der Waals surface area contributed by atoms with E-state index in [-0.39, 0.29) is 25.7 Å². The fourth-order valence-electron chi connectivity index (χ4n) is 10.8. The van der Waals surface area contributed by atoms with Crippen molar-refractivity contribution in [2.75, 3.05) is 39.6 Å². The molecule has 0 saturated carbocycles. The first-order valence-electron chi connectivity index (χ1n) is 37.1. The molecule has 0 saturated heterocycles. The number of aliphatic hydroxyl groups excluding tert-OH is 1. The second-order valence-corrected chi connectivity index (χ2v) is 29.0. The van der Waals surface area contributed by atoms with Crippen LogP contribution in [0, 0.1) is 5.92 Å². The van der Waals surface area contributed by atoms with Crippen LogP contribution in [0.15, 0.2) is 0 Å². The average Bonchev–Trinajstić information content (AvgIpc) is 3.69. The van der Waals surface area contributed by atoms with Gasteiger partial charge in [0, 0.05) is 25.7 Å². The Kier molecular flexibility index (Phi) is 63.0. The van der Waals surface area contributed by atoms with E-state index >= 15 is 0 Å². The molecule has 0 aromatic rings. The minimum atomic E-state index is -4.95. The largest absolute Gasteiger partial charge is 0.472 e. The molecule has 534 valence electrons. The van der Waals surface area contributed by atoms with Crippen molar-refractivity contribution in [1.82, 2.24) is 0 Å². The predicted molar refractivity (Wildman–Crippen MR) is 363 cm³/mol. The molecule has 0 spiro atoms. The second-order valence-electron chi connectivity index (χ2n) is 26.1. The lowest BCUT2D eigenvalue weighted by Gasteiger charge is -2.21. The second kappa shape index (κ2) is 64.4. The fraction of sp³-hybridized carbons (Fsp3) is 0.944. The van der Waals surface area contributed by atoms with Crippen LogP contribution in [0.1, 0.15) is 369 Å². The Hall–Kier alpha value is -1.94. The summed E-state index contributed by atoms with van der Waals surface area (Å²) in [6, 6.07) is 0. The van der Waals surface area contributed by atoms with Gasteiger partial charge in [0.25, 0.3) is 0 Å². The number of aliphatic hydroxyl groups is 1. The van der Waals surface area contributed by atoms with Gasteiger partial charge in [-0.1, -0.05) is 317 Å². The van der Waals surface area contributed by atoms with Gasteiger partial charge in [0.2, 0.25) is 0 Å². The summed E-state index contributed by atoms with van der Waals surface area (Å²) in [5.41, 5.74) is 0. The van der Waals surface area contributed by atoms with Crippen LogP contribution in [-0.2, 0) is 65.4 Å². The number of phosphoric ester groups is 2. The smallest absolute Gasteiger partial charge is 0.462 e. The Morgan fingerprint density at radius 2 is 0.511 bits per heavy atom. The van der Waals surface area contributed by atoms with Gasteiger partial charge in [-0.2, -0.15) is 0 Å². The molecule has 0 rings (SSSR count). The quantitative estimate of drug-likeness (QED) is 0.0222. The van der Waals surface area contributed by atoms with Crippen molar-refractivity contribution < 1.29 is 80.2 Å². The van der Waals surface area contributed by atoms with Gasteiger partial charge in [0.1, 0.15) is 19.3 Å². The predicted octanol–water partition coefficient (Wildman–Crippen LogP) is 20.5.